The highest BCUT2D eigenvalue weighted by Gasteiger charge is 2.59. The third-order valence-electron chi connectivity index (χ3n) is 8.22. The Bertz CT molecular complexity index is 1440. The van der Waals surface area contributed by atoms with Gasteiger partial charge in [0.2, 0.25) is 5.91 Å². The molecule has 5 rings (SSSR count). The van der Waals surface area contributed by atoms with Crippen LogP contribution >= 0.6 is 0 Å². The van der Waals surface area contributed by atoms with Crippen molar-refractivity contribution >= 4 is 23.4 Å². The number of rotatable bonds is 8. The average molecular weight is 576 g/mol. The van der Waals surface area contributed by atoms with Gasteiger partial charge in [0.1, 0.15) is 11.7 Å². The molecule has 41 heavy (non-hydrogen) atoms. The minimum absolute atomic E-state index is 0.126. The largest absolute Gasteiger partial charge is 0.480 e. The van der Waals surface area contributed by atoms with Gasteiger partial charge in [0.05, 0.1) is 24.1 Å². The Labute approximate surface area is 233 Å². The smallest absolute Gasteiger partial charge is 0.408 e. The first-order valence-electron chi connectivity index (χ1n) is 13.8. The molecule has 1 saturated carbocycles. The van der Waals surface area contributed by atoms with Crippen LogP contribution in [0.15, 0.2) is 30.7 Å². The van der Waals surface area contributed by atoms with Crippen LogP contribution in [0.4, 0.5) is 13.2 Å². The Kier molecular flexibility index (Phi) is 7.75. The lowest BCUT2D eigenvalue weighted by Gasteiger charge is -2.26. The highest BCUT2D eigenvalue weighted by Crippen LogP contribution is 2.40. The molecule has 2 aliphatic rings. The second-order valence-corrected chi connectivity index (χ2v) is 10.9. The molecule has 1 aliphatic carbocycles. The number of fused-ring (bicyclic) bond motifs is 1. The van der Waals surface area contributed by atoms with E-state index in [2.05, 4.69) is 15.5 Å². The van der Waals surface area contributed by atoms with Gasteiger partial charge in [-0.2, -0.15) is 23.4 Å². The van der Waals surface area contributed by atoms with Crippen molar-refractivity contribution in [3.63, 3.8) is 0 Å². The maximum atomic E-state index is 13.3. The first-order valence-corrected chi connectivity index (χ1v) is 13.8. The molecule has 0 spiro atoms. The van der Waals surface area contributed by atoms with Crippen LogP contribution in [0.5, 0.6) is 0 Å². The van der Waals surface area contributed by atoms with Gasteiger partial charge < -0.3 is 15.7 Å². The number of carbonyl (C=O) groups excluding carboxylic acids is 2. The van der Waals surface area contributed by atoms with E-state index < -0.39 is 48.4 Å². The SMILES string of the molecule is CCn1nccc1C(=O)N[C@H](c1cn2ncc(CC3(C(=O)O)C[C@@H](C(F)(F)F)NC3=O)cc2n1)C1CCCCCC1. The Hall–Kier alpha value is -3.97. The van der Waals surface area contributed by atoms with E-state index in [0.717, 1.165) is 38.5 Å². The fourth-order valence-electron chi connectivity index (χ4n) is 6.00. The number of aromatic nitrogens is 5. The maximum absolute atomic E-state index is 13.3. The van der Waals surface area contributed by atoms with Crippen molar-refractivity contribution < 1.29 is 32.7 Å². The van der Waals surface area contributed by atoms with E-state index in [1.165, 1.54) is 16.8 Å². The van der Waals surface area contributed by atoms with E-state index >= 15 is 0 Å². The maximum Gasteiger partial charge on any atom is 0.408 e. The van der Waals surface area contributed by atoms with Crippen molar-refractivity contribution in [1.29, 1.82) is 0 Å². The number of carboxylic acids is 1. The Morgan fingerprint density at radius 3 is 2.59 bits per heavy atom. The first kappa shape index (κ1) is 28.6. The van der Waals surface area contributed by atoms with Crippen LogP contribution in [0.3, 0.4) is 0 Å². The highest BCUT2D eigenvalue weighted by atomic mass is 19.4. The molecule has 4 heterocycles. The summed E-state index contributed by atoms with van der Waals surface area (Å²) in [5.41, 5.74) is -0.691. The monoisotopic (exact) mass is 575 g/mol. The number of aliphatic carboxylic acids is 1. The molecule has 3 atom stereocenters. The number of nitrogens with zero attached hydrogens (tertiary/aromatic N) is 5. The fraction of sp³-hybridized carbons (Fsp3) is 0.556. The standard InChI is InChI=1S/C27H32F3N7O4/c1-2-36-19(9-10-31-36)23(38)35-22(17-7-5-3-4-6-8-17)18-15-37-21(33-18)11-16(14-32-37)12-26(25(40)41)13-20(27(28,29)30)34-24(26)39/h9-11,14-15,17,20,22H,2-8,12-13H2,1H3,(H,34,39)(H,35,38)(H,40,41)/t20-,22-,26?/m0/s1. The zero-order chi connectivity index (χ0) is 29.4. The van der Waals surface area contributed by atoms with Crippen molar-refractivity contribution in [2.45, 2.75) is 83.1 Å². The van der Waals surface area contributed by atoms with Crippen LogP contribution in [-0.2, 0) is 22.6 Å². The van der Waals surface area contributed by atoms with Gasteiger partial charge >= 0.3 is 12.1 Å². The molecule has 2 fully saturated rings. The third-order valence-corrected chi connectivity index (χ3v) is 8.22. The molecule has 3 aromatic heterocycles. The summed E-state index contributed by atoms with van der Waals surface area (Å²) in [6, 6.07) is 0.507. The molecule has 14 heteroatoms. The van der Waals surface area contributed by atoms with Gasteiger partial charge in [0.15, 0.2) is 11.1 Å². The summed E-state index contributed by atoms with van der Waals surface area (Å²) in [7, 11) is 0. The molecule has 0 bridgehead atoms. The van der Waals surface area contributed by atoms with Crippen LogP contribution in [0.2, 0.25) is 0 Å². The molecule has 220 valence electrons. The predicted molar refractivity (Wildman–Crippen MR) is 139 cm³/mol. The molecule has 1 unspecified atom stereocenters. The van der Waals surface area contributed by atoms with Crippen molar-refractivity contribution in [1.82, 2.24) is 35.0 Å². The molecule has 11 nitrogen and oxygen atoms in total. The van der Waals surface area contributed by atoms with Crippen LogP contribution < -0.4 is 10.6 Å². The molecular formula is C27H32F3N7O4. The summed E-state index contributed by atoms with van der Waals surface area (Å²) in [4.78, 5) is 42.6. The minimum atomic E-state index is -4.76. The average Bonchev–Trinajstić information content (AvgIpc) is 3.59. The van der Waals surface area contributed by atoms with Gasteiger partial charge in [-0.15, -0.1) is 0 Å². The third kappa shape index (κ3) is 5.64. The molecule has 3 N–H and O–H groups in total. The predicted octanol–water partition coefficient (Wildman–Crippen LogP) is 3.45. The quantitative estimate of drug-likeness (QED) is 0.276. The lowest BCUT2D eigenvalue weighted by atomic mass is 9.79. The van der Waals surface area contributed by atoms with Crippen molar-refractivity contribution in [3.8, 4) is 0 Å². The van der Waals surface area contributed by atoms with Crippen molar-refractivity contribution in [2.75, 3.05) is 0 Å². The fourth-order valence-corrected chi connectivity index (χ4v) is 6.00. The molecule has 0 aromatic carbocycles. The van der Waals surface area contributed by atoms with E-state index in [0.29, 0.717) is 23.6 Å². The van der Waals surface area contributed by atoms with Crippen molar-refractivity contribution in [3.05, 3.63) is 47.7 Å². The van der Waals surface area contributed by atoms with E-state index in [9.17, 15) is 32.7 Å². The van der Waals surface area contributed by atoms with E-state index in [1.54, 1.807) is 28.5 Å². The number of carboxylic acid groups (broad SMARTS) is 1. The van der Waals surface area contributed by atoms with Crippen LogP contribution in [-0.4, -0.2) is 59.5 Å². The summed E-state index contributed by atoms with van der Waals surface area (Å²) >= 11 is 0. The summed E-state index contributed by atoms with van der Waals surface area (Å²) in [6.45, 7) is 2.43. The van der Waals surface area contributed by atoms with Gasteiger partial charge in [0, 0.05) is 19.2 Å². The number of hydrogen-bond donors (Lipinski definition) is 3. The Morgan fingerprint density at radius 2 is 1.95 bits per heavy atom. The van der Waals surface area contributed by atoms with Gasteiger partial charge in [0.25, 0.3) is 5.91 Å². The highest BCUT2D eigenvalue weighted by molar-refractivity contribution is 6.04. The normalized spacial score (nSPS) is 22.8. The second-order valence-electron chi connectivity index (χ2n) is 10.9. The van der Waals surface area contributed by atoms with E-state index in [4.69, 9.17) is 4.98 Å². The van der Waals surface area contributed by atoms with Crippen molar-refractivity contribution in [2.24, 2.45) is 11.3 Å². The molecule has 2 amide bonds. The van der Waals surface area contributed by atoms with Gasteiger partial charge in [-0.05, 0) is 49.8 Å². The number of nitrogens with one attached hydrogen (secondary N) is 2. The number of alkyl halides is 3. The first-order chi connectivity index (χ1) is 19.5. The molecule has 1 aliphatic heterocycles. The van der Waals surface area contributed by atoms with Crippen LogP contribution in [0, 0.1) is 11.3 Å². The minimum Gasteiger partial charge on any atom is -0.480 e. The van der Waals surface area contributed by atoms with Gasteiger partial charge in [-0.3, -0.25) is 19.1 Å². The lowest BCUT2D eigenvalue weighted by Crippen LogP contribution is -2.41. The molecule has 3 aromatic rings. The summed E-state index contributed by atoms with van der Waals surface area (Å²) < 4.78 is 43.0. The van der Waals surface area contributed by atoms with E-state index in [-0.39, 0.29) is 17.4 Å². The second kappa shape index (κ2) is 11.1. The topological polar surface area (TPSA) is 144 Å². The summed E-state index contributed by atoms with van der Waals surface area (Å²) in [5, 5.41) is 23.3. The molecule has 1 saturated heterocycles. The lowest BCUT2D eigenvalue weighted by molar-refractivity contribution is -0.157. The Morgan fingerprint density at radius 1 is 1.22 bits per heavy atom. The summed E-state index contributed by atoms with van der Waals surface area (Å²) in [5.74, 6) is -2.97. The zero-order valence-electron chi connectivity index (χ0n) is 22.5. The van der Waals surface area contributed by atoms with Gasteiger partial charge in [-0.1, -0.05) is 25.7 Å². The zero-order valence-corrected chi connectivity index (χ0v) is 22.5. The van der Waals surface area contributed by atoms with Crippen LogP contribution in [0.1, 0.15) is 79.7 Å². The van der Waals surface area contributed by atoms with Crippen LogP contribution in [0.25, 0.3) is 5.65 Å². The number of halogens is 3. The Balaban J connectivity index is 1.45. The summed E-state index contributed by atoms with van der Waals surface area (Å²) in [6.07, 6.45) is 4.53. The number of hydrogen-bond acceptors (Lipinski definition) is 6. The molecular weight excluding hydrogens is 543 g/mol. The number of carbonyl (C=O) groups is 3. The number of aryl methyl sites for hydroxylation is 1. The number of amides is 2. The molecule has 0 radical (unpaired) electrons. The van der Waals surface area contributed by atoms with Gasteiger partial charge in [-0.25, -0.2) is 9.50 Å². The number of imidazole rings is 1. The van der Waals surface area contributed by atoms with E-state index in [1.807, 2.05) is 6.92 Å².